The second kappa shape index (κ2) is 129. The molecule has 8 nitrogen and oxygen atoms in total. The summed E-state index contributed by atoms with van der Waals surface area (Å²) in [6, 6.07) is 0. The molecule has 0 aliphatic rings. The van der Waals surface area contributed by atoms with Gasteiger partial charge in [0.25, 0.3) is 19.4 Å². The monoisotopic (exact) mass is 421 g/mol. The molecule has 13 heavy (non-hydrogen) atoms. The predicted octanol–water partition coefficient (Wildman–Crippen LogP) is -2.53. The van der Waals surface area contributed by atoms with Crippen molar-refractivity contribution in [2.75, 3.05) is 0 Å². The minimum atomic E-state index is -0.500. The normalized spacial score (nSPS) is 3.69. The van der Waals surface area contributed by atoms with Crippen LogP contribution in [0.15, 0.2) is 0 Å². The third kappa shape index (κ3) is 666. The van der Waals surface area contributed by atoms with Crippen molar-refractivity contribution in [3.63, 3.8) is 0 Å². The summed E-state index contributed by atoms with van der Waals surface area (Å²) < 4.78 is 0. The van der Waals surface area contributed by atoms with Gasteiger partial charge in [0.05, 0.1) is 0 Å². The summed E-state index contributed by atoms with van der Waals surface area (Å²) in [5.74, 6) is 0. The van der Waals surface area contributed by atoms with E-state index in [-0.39, 0.29) is 48.6 Å². The van der Waals surface area contributed by atoms with E-state index >= 15 is 0 Å². The summed E-state index contributed by atoms with van der Waals surface area (Å²) in [6.07, 6.45) is 0. The van der Waals surface area contributed by atoms with Crippen molar-refractivity contribution in [3.05, 3.63) is 0 Å². The molecule has 78 valence electrons. The molecule has 0 aliphatic heterocycles. The topological polar surface area (TPSA) is 152 Å². The number of carbonyl (C=O) groups excluding carboxylic acids is 1. The summed E-state index contributed by atoms with van der Waals surface area (Å²) in [7, 11) is 0. The van der Waals surface area contributed by atoms with E-state index in [4.69, 9.17) is 39.6 Å². The third-order valence-corrected chi connectivity index (χ3v) is 0. The van der Waals surface area contributed by atoms with Crippen molar-refractivity contribution in [1.29, 1.82) is 0 Å². The number of hydrogen-bond acceptors (Lipinski definition) is 5. The van der Waals surface area contributed by atoms with Crippen LogP contribution in [-0.2, 0) is 19.2 Å². The number of carbonyl (C=O) groups is 4. The molecular formula is C4H7O8Pu-. The molecule has 0 saturated carbocycles. The van der Waals surface area contributed by atoms with Crippen molar-refractivity contribution >= 4 is 25.9 Å². The Morgan fingerprint density at radius 3 is 0.769 bits per heavy atom. The molecule has 0 heterocycles. The fourth-order valence-electron chi connectivity index (χ4n) is 0. The standard InChI is InChI=1S/4CH2O2.Pu/c4*2-1-3;/h4*1H,(H,2,3);/p-1. The first kappa shape index (κ1) is 29.7. The Labute approximate surface area is 94.7 Å². The van der Waals surface area contributed by atoms with E-state index in [0.717, 1.165) is 0 Å². The van der Waals surface area contributed by atoms with Crippen molar-refractivity contribution in [1.82, 2.24) is 0 Å². The zero-order chi connectivity index (χ0) is 10.8. The van der Waals surface area contributed by atoms with E-state index < -0.39 is 6.47 Å². The van der Waals surface area contributed by atoms with Crippen molar-refractivity contribution < 1.29 is 68.8 Å². The molecule has 0 amide bonds. The molecule has 0 saturated heterocycles. The molecule has 0 aliphatic carbocycles. The van der Waals surface area contributed by atoms with Crippen LogP contribution in [-0.4, -0.2) is 41.2 Å². The molecule has 0 aromatic carbocycles. The van der Waals surface area contributed by atoms with Gasteiger partial charge < -0.3 is 25.2 Å². The zero-order valence-corrected chi connectivity index (χ0v) is 9.50. The molecule has 0 aromatic rings. The van der Waals surface area contributed by atoms with Crippen LogP contribution < -0.4 is 5.11 Å². The Balaban J connectivity index is -0.0000000213. The second-order valence-electron chi connectivity index (χ2n) is 0.412. The van der Waals surface area contributed by atoms with Gasteiger partial charge in [0.15, 0.2) is 0 Å². The summed E-state index contributed by atoms with van der Waals surface area (Å²) >= 11 is 0. The molecular weight excluding hydrogens is 420 g/mol. The third-order valence-electron chi connectivity index (χ3n) is 0. The van der Waals surface area contributed by atoms with Crippen LogP contribution in [0.25, 0.3) is 0 Å². The fourth-order valence-corrected chi connectivity index (χ4v) is 0. The van der Waals surface area contributed by atoms with E-state index in [1.807, 2.05) is 0 Å². The van der Waals surface area contributed by atoms with E-state index in [1.54, 1.807) is 0 Å². The van der Waals surface area contributed by atoms with Crippen molar-refractivity contribution in [2.24, 2.45) is 0 Å². The van der Waals surface area contributed by atoms with Crippen molar-refractivity contribution in [3.8, 4) is 0 Å². The summed E-state index contributed by atoms with van der Waals surface area (Å²) in [5.41, 5.74) is 0. The molecule has 0 fully saturated rings. The molecule has 0 bridgehead atoms. The van der Waals surface area contributed by atoms with Crippen LogP contribution in [0, 0.1) is 29.2 Å². The predicted molar refractivity (Wildman–Crippen MR) is 32.1 cm³/mol. The minimum absolute atomic E-state index is 0. The van der Waals surface area contributed by atoms with Gasteiger partial charge in [-0.1, -0.05) is 0 Å². The first-order valence-corrected chi connectivity index (χ1v) is 1.95. The fraction of sp³-hybridized carbons (Fsp3) is 0. The Kier molecular flexibility index (Phi) is 294. The first-order chi connectivity index (χ1) is 5.66. The number of carboxylic acid groups (broad SMARTS) is 4. The average Bonchev–Trinajstić information content (AvgIpc) is 1.92. The summed E-state index contributed by atoms with van der Waals surface area (Å²) in [5, 5.41) is 28.9. The van der Waals surface area contributed by atoms with Crippen LogP contribution in [0.4, 0.5) is 0 Å². The van der Waals surface area contributed by atoms with E-state index in [9.17, 15) is 0 Å². The first-order valence-electron chi connectivity index (χ1n) is 1.95. The maximum Gasteiger partial charge on any atom is 0.290 e. The SMILES string of the molecule is O=CO.O=CO.O=CO.O=C[O-].[Pu]. The number of hydrogen-bond donors (Lipinski definition) is 3. The van der Waals surface area contributed by atoms with Gasteiger partial charge in [-0.2, -0.15) is 0 Å². The van der Waals surface area contributed by atoms with E-state index in [2.05, 4.69) is 0 Å². The van der Waals surface area contributed by atoms with Crippen LogP contribution in [0.3, 0.4) is 0 Å². The largest absolute Gasteiger partial charge is 0.554 e. The Bertz CT molecular complexity index is 70.1. The summed E-state index contributed by atoms with van der Waals surface area (Å²) in [4.78, 5) is 33.3. The molecule has 0 spiro atoms. The molecule has 0 radical (unpaired) electrons. The van der Waals surface area contributed by atoms with Gasteiger partial charge in [-0.25, -0.2) is 0 Å². The van der Waals surface area contributed by atoms with Crippen LogP contribution in [0.5, 0.6) is 0 Å². The number of rotatable bonds is 0. The molecule has 0 rings (SSSR count). The van der Waals surface area contributed by atoms with Crippen LogP contribution >= 0.6 is 0 Å². The average molecular weight is 427 g/mol. The quantitative estimate of drug-likeness (QED) is 0.358. The Morgan fingerprint density at radius 2 is 0.769 bits per heavy atom. The van der Waals surface area contributed by atoms with E-state index in [1.165, 1.54) is 0 Å². The van der Waals surface area contributed by atoms with Gasteiger partial charge in [0, 0.05) is 35.6 Å². The maximum atomic E-state index is 8.36. The van der Waals surface area contributed by atoms with Crippen LogP contribution in [0.2, 0.25) is 0 Å². The van der Waals surface area contributed by atoms with Gasteiger partial charge in [-0.05, 0) is 0 Å². The summed E-state index contributed by atoms with van der Waals surface area (Å²) in [6.45, 7) is -1.25. The van der Waals surface area contributed by atoms with Gasteiger partial charge >= 0.3 is 0 Å². The molecule has 0 aromatic heterocycles. The van der Waals surface area contributed by atoms with Crippen molar-refractivity contribution in [2.45, 2.75) is 0 Å². The zero-order valence-electron chi connectivity index (χ0n) is 6.10. The van der Waals surface area contributed by atoms with E-state index in [0.29, 0.717) is 0 Å². The Hall–Kier alpha value is -1.13. The molecule has 0 atom stereocenters. The smallest absolute Gasteiger partial charge is 0.290 e. The molecule has 0 unspecified atom stereocenters. The Morgan fingerprint density at radius 1 is 0.769 bits per heavy atom. The second-order valence-corrected chi connectivity index (χ2v) is 0.412. The molecule has 9 heteroatoms. The maximum absolute atomic E-state index is 8.36. The van der Waals surface area contributed by atoms with Gasteiger partial charge in [0.1, 0.15) is 0 Å². The van der Waals surface area contributed by atoms with Crippen LogP contribution in [0.1, 0.15) is 0 Å². The molecule has 3 N–H and O–H groups in total. The van der Waals surface area contributed by atoms with Gasteiger partial charge in [-0.15, -0.1) is 0 Å². The van der Waals surface area contributed by atoms with Gasteiger partial charge in [0.2, 0.25) is 0 Å². The minimum Gasteiger partial charge on any atom is -0.554 e. The van der Waals surface area contributed by atoms with Gasteiger partial charge in [-0.3, -0.25) is 14.4 Å².